The molecular formula is C16H26N2OSi. The van der Waals surface area contributed by atoms with E-state index in [-0.39, 0.29) is 11.1 Å². The minimum atomic E-state index is -1.89. The summed E-state index contributed by atoms with van der Waals surface area (Å²) in [5, 5.41) is 9.43. The topological polar surface area (TPSA) is 45.9 Å². The minimum Gasteiger partial charge on any atom is -0.410 e. The van der Waals surface area contributed by atoms with Crippen molar-refractivity contribution in [3.63, 3.8) is 0 Å². The van der Waals surface area contributed by atoms with Crippen molar-refractivity contribution in [2.24, 2.45) is 5.92 Å². The number of nitriles is 1. The molecule has 1 heterocycles. The summed E-state index contributed by atoms with van der Waals surface area (Å²) in [6.45, 7) is 15.4. The fourth-order valence-corrected chi connectivity index (χ4v) is 3.18. The normalized spacial score (nSPS) is 14.2. The Hall–Kier alpha value is -1.18. The Bertz CT molecular complexity index is 498. The lowest BCUT2D eigenvalue weighted by molar-refractivity contribution is 0.134. The van der Waals surface area contributed by atoms with Gasteiger partial charge in [-0.2, -0.15) is 5.26 Å². The first-order chi connectivity index (χ1) is 9.10. The Morgan fingerprint density at radius 3 is 2.35 bits per heavy atom. The summed E-state index contributed by atoms with van der Waals surface area (Å²) in [4.78, 5) is 4.17. The molecule has 0 aromatic carbocycles. The van der Waals surface area contributed by atoms with E-state index in [0.29, 0.717) is 11.5 Å². The van der Waals surface area contributed by atoms with E-state index in [1.54, 1.807) is 18.5 Å². The third-order valence-electron chi connectivity index (χ3n) is 4.11. The van der Waals surface area contributed by atoms with Gasteiger partial charge in [0.1, 0.15) is 0 Å². The van der Waals surface area contributed by atoms with Crippen LogP contribution in [0.15, 0.2) is 18.5 Å². The van der Waals surface area contributed by atoms with Crippen LogP contribution in [0.25, 0.3) is 0 Å². The van der Waals surface area contributed by atoms with Gasteiger partial charge in [-0.05, 0) is 30.1 Å². The van der Waals surface area contributed by atoms with Crippen LogP contribution in [0, 0.1) is 17.2 Å². The third-order valence-corrected chi connectivity index (χ3v) is 8.57. The van der Waals surface area contributed by atoms with E-state index in [1.807, 2.05) is 0 Å². The van der Waals surface area contributed by atoms with Gasteiger partial charge in [-0.3, -0.25) is 4.98 Å². The van der Waals surface area contributed by atoms with Crippen molar-refractivity contribution in [1.82, 2.24) is 4.98 Å². The van der Waals surface area contributed by atoms with Crippen LogP contribution < -0.4 is 0 Å². The van der Waals surface area contributed by atoms with E-state index in [9.17, 15) is 5.26 Å². The summed E-state index contributed by atoms with van der Waals surface area (Å²) in [6.07, 6.45) is 3.36. The molecule has 0 aliphatic heterocycles. The van der Waals surface area contributed by atoms with Gasteiger partial charge in [0, 0.05) is 18.0 Å². The minimum absolute atomic E-state index is 0.0701. The Balaban J connectivity index is 3.18. The molecule has 0 saturated heterocycles. The Labute approximate surface area is 124 Å². The Morgan fingerprint density at radius 2 is 1.90 bits per heavy atom. The van der Waals surface area contributed by atoms with Gasteiger partial charge in [-0.1, -0.05) is 34.6 Å². The van der Waals surface area contributed by atoms with Crippen molar-refractivity contribution < 1.29 is 4.43 Å². The monoisotopic (exact) mass is 290 g/mol. The molecule has 0 bridgehead atoms. The standard InChI is InChI=1S/C16H26N2OSi/c1-12(2)15(19-20(6,7)16(3,4)5)14-11-18-9-8-13(14)10-17/h8-9,11-12,15H,1-7H3. The Kier molecular flexibility index (Phi) is 5.12. The summed E-state index contributed by atoms with van der Waals surface area (Å²) < 4.78 is 6.54. The maximum atomic E-state index is 9.29. The molecule has 0 aliphatic rings. The zero-order valence-electron chi connectivity index (χ0n) is 13.7. The summed E-state index contributed by atoms with van der Waals surface area (Å²) in [5.74, 6) is 0.306. The molecule has 3 nitrogen and oxygen atoms in total. The lowest BCUT2D eigenvalue weighted by atomic mass is 9.97. The fourth-order valence-electron chi connectivity index (χ4n) is 1.79. The average molecular weight is 290 g/mol. The van der Waals surface area contributed by atoms with Crippen molar-refractivity contribution in [2.75, 3.05) is 0 Å². The van der Waals surface area contributed by atoms with Gasteiger partial charge >= 0.3 is 0 Å². The van der Waals surface area contributed by atoms with Crippen LogP contribution >= 0.6 is 0 Å². The van der Waals surface area contributed by atoms with Gasteiger partial charge in [0.25, 0.3) is 0 Å². The molecule has 4 heteroatoms. The predicted molar refractivity (Wildman–Crippen MR) is 84.8 cm³/mol. The smallest absolute Gasteiger partial charge is 0.192 e. The summed E-state index contributed by atoms with van der Waals surface area (Å²) in [5.41, 5.74) is 1.58. The number of rotatable bonds is 4. The molecular weight excluding hydrogens is 264 g/mol. The SMILES string of the molecule is CC(C)C(O[Si](C)(C)C(C)(C)C)c1cnccc1C#N. The zero-order chi connectivity index (χ0) is 15.6. The second kappa shape index (κ2) is 6.07. The van der Waals surface area contributed by atoms with Crippen molar-refractivity contribution in [1.29, 1.82) is 5.26 Å². The lowest BCUT2D eigenvalue weighted by Gasteiger charge is -2.40. The van der Waals surface area contributed by atoms with Gasteiger partial charge in [-0.25, -0.2) is 0 Å². The molecule has 1 rings (SSSR count). The number of hydrogen-bond donors (Lipinski definition) is 0. The second-order valence-electron chi connectivity index (χ2n) is 7.12. The molecule has 1 atom stereocenters. The van der Waals surface area contributed by atoms with Crippen LogP contribution in [0.1, 0.15) is 51.8 Å². The van der Waals surface area contributed by atoms with Crippen LogP contribution in [0.3, 0.4) is 0 Å². The van der Waals surface area contributed by atoms with Crippen LogP contribution in [-0.4, -0.2) is 13.3 Å². The van der Waals surface area contributed by atoms with Crippen LogP contribution in [0.2, 0.25) is 18.1 Å². The van der Waals surface area contributed by atoms with E-state index in [1.165, 1.54) is 0 Å². The van der Waals surface area contributed by atoms with Crippen molar-refractivity contribution in [3.05, 3.63) is 29.6 Å². The number of aromatic nitrogens is 1. The van der Waals surface area contributed by atoms with E-state index in [4.69, 9.17) is 4.43 Å². The largest absolute Gasteiger partial charge is 0.410 e. The predicted octanol–water partition coefficient (Wildman–Crippen LogP) is 4.67. The van der Waals surface area contributed by atoms with E-state index < -0.39 is 8.32 Å². The van der Waals surface area contributed by atoms with E-state index in [0.717, 1.165) is 5.56 Å². The highest BCUT2D eigenvalue weighted by Gasteiger charge is 2.40. The van der Waals surface area contributed by atoms with Gasteiger partial charge in [-0.15, -0.1) is 0 Å². The van der Waals surface area contributed by atoms with Crippen molar-refractivity contribution >= 4 is 8.32 Å². The van der Waals surface area contributed by atoms with Crippen LogP contribution in [0.4, 0.5) is 0 Å². The number of hydrogen-bond acceptors (Lipinski definition) is 3. The molecule has 0 saturated carbocycles. The van der Waals surface area contributed by atoms with Crippen LogP contribution in [-0.2, 0) is 4.43 Å². The van der Waals surface area contributed by atoms with Gasteiger partial charge in [0.2, 0.25) is 0 Å². The molecule has 0 amide bonds. The van der Waals surface area contributed by atoms with E-state index >= 15 is 0 Å². The molecule has 0 radical (unpaired) electrons. The molecule has 110 valence electrons. The highest BCUT2D eigenvalue weighted by molar-refractivity contribution is 6.74. The quantitative estimate of drug-likeness (QED) is 0.757. The maximum absolute atomic E-state index is 9.29. The van der Waals surface area contributed by atoms with Crippen molar-refractivity contribution in [3.8, 4) is 6.07 Å². The summed E-state index contributed by atoms with van der Waals surface area (Å²) in [7, 11) is -1.89. The molecule has 1 unspecified atom stereocenters. The first kappa shape index (κ1) is 16.9. The lowest BCUT2D eigenvalue weighted by Crippen LogP contribution is -2.42. The summed E-state index contributed by atoms with van der Waals surface area (Å²) >= 11 is 0. The number of nitrogens with zero attached hydrogens (tertiary/aromatic N) is 2. The van der Waals surface area contributed by atoms with Gasteiger partial charge in [0.05, 0.1) is 17.7 Å². The number of pyridine rings is 1. The molecule has 0 N–H and O–H groups in total. The molecule has 0 aliphatic carbocycles. The zero-order valence-corrected chi connectivity index (χ0v) is 14.7. The highest BCUT2D eigenvalue weighted by atomic mass is 28.4. The molecule has 0 fully saturated rings. The van der Waals surface area contributed by atoms with Crippen molar-refractivity contribution in [2.45, 2.75) is 58.9 Å². The fraction of sp³-hybridized carbons (Fsp3) is 0.625. The van der Waals surface area contributed by atoms with E-state index in [2.05, 4.69) is 58.8 Å². The first-order valence-corrected chi connectivity index (χ1v) is 10.0. The highest BCUT2D eigenvalue weighted by Crippen LogP contribution is 2.41. The summed E-state index contributed by atoms with van der Waals surface area (Å²) in [6, 6.07) is 4.01. The second-order valence-corrected chi connectivity index (χ2v) is 11.9. The van der Waals surface area contributed by atoms with Crippen LogP contribution in [0.5, 0.6) is 0 Å². The molecule has 1 aromatic heterocycles. The third kappa shape index (κ3) is 3.68. The van der Waals surface area contributed by atoms with Gasteiger partial charge in [0.15, 0.2) is 8.32 Å². The average Bonchev–Trinajstić information content (AvgIpc) is 2.34. The Morgan fingerprint density at radius 1 is 1.30 bits per heavy atom. The maximum Gasteiger partial charge on any atom is 0.192 e. The van der Waals surface area contributed by atoms with Gasteiger partial charge < -0.3 is 4.43 Å². The molecule has 1 aromatic rings. The molecule has 20 heavy (non-hydrogen) atoms. The first-order valence-electron chi connectivity index (χ1n) is 7.12. The molecule has 0 spiro atoms.